The largest absolute Gasteiger partial charge is 0.378 e. The van der Waals surface area contributed by atoms with Gasteiger partial charge in [-0.3, -0.25) is 0 Å². The van der Waals surface area contributed by atoms with E-state index in [-0.39, 0.29) is 48.0 Å². The number of aromatic nitrogens is 4. The number of hydrogen-bond donors (Lipinski definition) is 0. The van der Waals surface area contributed by atoms with Gasteiger partial charge in [-0.2, -0.15) is 0 Å². The standard InChI is InChI=1S/C14H16N6O.2HI/c1-2-6-16-13(15-5-1)19-9-11-21-12-10-20-14-17-7-3-4-8-18-14;;/h1-8H,9-12H2;2*1H. The molecule has 0 spiro atoms. The topological polar surface area (TPSA) is 85.5 Å². The van der Waals surface area contributed by atoms with Gasteiger partial charge in [0.2, 0.25) is 11.2 Å². The molecule has 23 heavy (non-hydrogen) atoms. The summed E-state index contributed by atoms with van der Waals surface area (Å²) in [6.07, 6.45) is 6.63. The summed E-state index contributed by atoms with van der Waals surface area (Å²) < 4.78 is 5.43. The minimum Gasteiger partial charge on any atom is -0.378 e. The molecular formula is C14H18I2N6O. The Morgan fingerprint density at radius 2 is 1.00 bits per heavy atom. The van der Waals surface area contributed by atoms with Gasteiger partial charge in [0.1, 0.15) is 0 Å². The van der Waals surface area contributed by atoms with E-state index < -0.39 is 0 Å². The first-order valence-electron chi connectivity index (χ1n) is 6.58. The fraction of sp³-hybridized carbons (Fsp3) is 0.286. The molecule has 0 radical (unpaired) electrons. The lowest BCUT2D eigenvalue weighted by molar-refractivity contribution is 0.148. The summed E-state index contributed by atoms with van der Waals surface area (Å²) in [5.74, 6) is 0. The Balaban J connectivity index is 0.00000242. The minimum atomic E-state index is 0. The van der Waals surface area contributed by atoms with Crippen LogP contribution in [-0.4, -0.2) is 46.2 Å². The first kappa shape index (κ1) is 21.9. The quantitative estimate of drug-likeness (QED) is 0.404. The third-order valence-electron chi connectivity index (χ3n) is 2.30. The molecule has 2 rings (SSSR count). The molecule has 124 valence electrons. The second kappa shape index (κ2) is 14.5. The summed E-state index contributed by atoms with van der Waals surface area (Å²) >= 11 is 0. The Morgan fingerprint density at radius 1 is 0.652 bits per heavy atom. The first-order chi connectivity index (χ1) is 10.4. The maximum atomic E-state index is 5.43. The molecule has 0 fully saturated rings. The average Bonchev–Trinajstić information content (AvgIpc) is 2.91. The molecule has 2 heterocycles. The highest BCUT2D eigenvalue weighted by Gasteiger charge is 1.88. The lowest BCUT2D eigenvalue weighted by Gasteiger charge is -1.97. The predicted molar refractivity (Wildman–Crippen MR) is 107 cm³/mol. The van der Waals surface area contributed by atoms with Crippen LogP contribution in [0.15, 0.2) is 59.0 Å². The Bertz CT molecular complexity index is 584. The monoisotopic (exact) mass is 540 g/mol. The van der Waals surface area contributed by atoms with Gasteiger partial charge in [0.25, 0.3) is 0 Å². The summed E-state index contributed by atoms with van der Waals surface area (Å²) in [4.78, 5) is 24.6. The number of halogens is 2. The van der Waals surface area contributed by atoms with E-state index in [1.807, 2.05) is 0 Å². The van der Waals surface area contributed by atoms with Crippen LogP contribution in [0.5, 0.6) is 0 Å². The highest BCUT2D eigenvalue weighted by molar-refractivity contribution is 14.0. The average molecular weight is 540 g/mol. The lowest BCUT2D eigenvalue weighted by Crippen LogP contribution is -2.13. The third-order valence-corrected chi connectivity index (χ3v) is 2.30. The number of hydrogen-bond acceptors (Lipinski definition) is 7. The van der Waals surface area contributed by atoms with E-state index in [1.54, 1.807) is 49.1 Å². The molecule has 0 aliphatic heterocycles. The van der Waals surface area contributed by atoms with Gasteiger partial charge in [0.15, 0.2) is 0 Å². The van der Waals surface area contributed by atoms with E-state index in [0.29, 0.717) is 37.5 Å². The van der Waals surface area contributed by atoms with Gasteiger partial charge in [0.05, 0.1) is 26.3 Å². The van der Waals surface area contributed by atoms with Gasteiger partial charge in [-0.1, -0.05) is 0 Å². The van der Waals surface area contributed by atoms with E-state index in [9.17, 15) is 0 Å². The van der Waals surface area contributed by atoms with Crippen LogP contribution in [0.4, 0.5) is 0 Å². The Kier molecular flexibility index (Phi) is 13.8. The van der Waals surface area contributed by atoms with Crippen LogP contribution in [0, 0.1) is 0 Å². The second-order valence-corrected chi connectivity index (χ2v) is 3.86. The molecule has 2 aromatic heterocycles. The highest BCUT2D eigenvalue weighted by Crippen LogP contribution is 1.77. The van der Waals surface area contributed by atoms with Crippen molar-refractivity contribution in [2.75, 3.05) is 26.3 Å². The Hall–Kier alpha value is -1.08. The van der Waals surface area contributed by atoms with E-state index in [0.717, 1.165) is 0 Å². The third kappa shape index (κ3) is 10.3. The molecule has 9 heteroatoms. The van der Waals surface area contributed by atoms with Crippen molar-refractivity contribution in [3.63, 3.8) is 0 Å². The molecule has 0 amide bonds. The molecule has 0 atom stereocenters. The smallest absolute Gasteiger partial charge is 0.244 e. The van der Waals surface area contributed by atoms with Crippen LogP contribution in [-0.2, 0) is 4.74 Å². The van der Waals surface area contributed by atoms with Gasteiger partial charge < -0.3 is 4.74 Å². The second-order valence-electron chi connectivity index (χ2n) is 3.86. The Labute approximate surface area is 168 Å². The lowest BCUT2D eigenvalue weighted by atomic mass is 10.6. The van der Waals surface area contributed by atoms with Crippen LogP contribution < -0.4 is 11.2 Å². The SMILES string of the molecule is I.I.c1ccnc(=NCCOCCN=c2nccccn2)nc1. The van der Waals surface area contributed by atoms with Gasteiger partial charge in [-0.05, 0) is 24.3 Å². The number of rotatable bonds is 6. The zero-order valence-corrected chi connectivity index (χ0v) is 17.0. The predicted octanol–water partition coefficient (Wildman–Crippen LogP) is 1.02. The van der Waals surface area contributed by atoms with Crippen LogP contribution in [0.1, 0.15) is 0 Å². The van der Waals surface area contributed by atoms with Crippen LogP contribution in [0.25, 0.3) is 0 Å². The van der Waals surface area contributed by atoms with Crippen molar-refractivity contribution in [1.82, 2.24) is 19.9 Å². The van der Waals surface area contributed by atoms with Crippen molar-refractivity contribution < 1.29 is 4.74 Å². The van der Waals surface area contributed by atoms with Gasteiger partial charge in [-0.25, -0.2) is 29.9 Å². The minimum absolute atomic E-state index is 0. The highest BCUT2D eigenvalue weighted by atomic mass is 127. The van der Waals surface area contributed by atoms with Crippen molar-refractivity contribution in [3.05, 3.63) is 60.3 Å². The van der Waals surface area contributed by atoms with E-state index in [1.165, 1.54) is 0 Å². The molecule has 0 aromatic carbocycles. The molecule has 0 bridgehead atoms. The summed E-state index contributed by atoms with van der Waals surface area (Å²) in [5, 5.41) is 0. The van der Waals surface area contributed by atoms with E-state index in [4.69, 9.17) is 4.74 Å². The number of ether oxygens (including phenoxy) is 1. The zero-order chi connectivity index (χ0) is 14.6. The summed E-state index contributed by atoms with van der Waals surface area (Å²) in [6.45, 7) is 2.03. The molecule has 0 N–H and O–H groups in total. The first-order valence-corrected chi connectivity index (χ1v) is 6.58. The van der Waals surface area contributed by atoms with Gasteiger partial charge in [0, 0.05) is 24.8 Å². The molecule has 2 aromatic rings. The normalized spacial score (nSPS) is 9.04. The van der Waals surface area contributed by atoms with Crippen LogP contribution in [0.3, 0.4) is 0 Å². The van der Waals surface area contributed by atoms with Crippen LogP contribution >= 0.6 is 48.0 Å². The number of nitrogens with zero attached hydrogens (tertiary/aromatic N) is 6. The maximum Gasteiger partial charge on any atom is 0.244 e. The fourth-order valence-electron chi connectivity index (χ4n) is 1.39. The molecular weight excluding hydrogens is 522 g/mol. The van der Waals surface area contributed by atoms with Gasteiger partial charge >= 0.3 is 0 Å². The summed E-state index contributed by atoms with van der Waals surface area (Å²) in [6, 6.07) is 7.21. The summed E-state index contributed by atoms with van der Waals surface area (Å²) in [5.41, 5.74) is 0.914. The zero-order valence-electron chi connectivity index (χ0n) is 12.4. The van der Waals surface area contributed by atoms with Crippen molar-refractivity contribution in [2.45, 2.75) is 0 Å². The van der Waals surface area contributed by atoms with Crippen molar-refractivity contribution >= 4 is 48.0 Å². The Morgan fingerprint density at radius 3 is 1.35 bits per heavy atom. The van der Waals surface area contributed by atoms with Crippen molar-refractivity contribution in [1.29, 1.82) is 0 Å². The van der Waals surface area contributed by atoms with E-state index in [2.05, 4.69) is 29.9 Å². The molecule has 7 nitrogen and oxygen atoms in total. The maximum absolute atomic E-state index is 5.43. The van der Waals surface area contributed by atoms with Crippen molar-refractivity contribution in [3.8, 4) is 0 Å². The van der Waals surface area contributed by atoms with Crippen molar-refractivity contribution in [2.24, 2.45) is 9.98 Å². The van der Waals surface area contributed by atoms with Gasteiger partial charge in [-0.15, -0.1) is 48.0 Å². The molecule has 0 unspecified atom stereocenters. The van der Waals surface area contributed by atoms with Crippen LogP contribution in [0.2, 0.25) is 0 Å². The van der Waals surface area contributed by atoms with E-state index >= 15 is 0 Å². The molecule has 0 aliphatic rings. The summed E-state index contributed by atoms with van der Waals surface area (Å²) in [7, 11) is 0. The fourth-order valence-corrected chi connectivity index (χ4v) is 1.39. The molecule has 0 saturated heterocycles. The molecule has 0 aliphatic carbocycles. The molecule has 0 saturated carbocycles.